The standard InChI is InChI=1S/C25H43N11O10/c1-12(26)19(39)30-15(7-5-8-29-25(27)28)20(40)31-14(6-3-4-9-36-10-16(23(43)44)34-35-36)21(41)32-17(11-37)22(42)33-18(13(2)38)24(45)46/h10,12-15,17-18,37-38H,3-9,11,26H2,1-2H3,(H,30,39)(H,31,40)(H,32,41)(H,33,42)(H,43,44)(H,45,46)(H4,27,28,29)/t12-,13+,14-,15-,17-,18-/m0/s1. The van der Waals surface area contributed by atoms with Crippen molar-refractivity contribution in [2.45, 2.75) is 88.8 Å². The van der Waals surface area contributed by atoms with Crippen LogP contribution < -0.4 is 38.5 Å². The molecule has 0 aliphatic carbocycles. The zero-order valence-electron chi connectivity index (χ0n) is 25.5. The van der Waals surface area contributed by atoms with E-state index in [2.05, 4.69) is 31.3 Å². The largest absolute Gasteiger partial charge is 0.480 e. The summed E-state index contributed by atoms with van der Waals surface area (Å²) in [6, 6.07) is -6.87. The maximum absolute atomic E-state index is 13.3. The van der Waals surface area contributed by atoms with Crippen LogP contribution in [0.1, 0.15) is 56.4 Å². The van der Waals surface area contributed by atoms with Crippen molar-refractivity contribution in [3.8, 4) is 0 Å². The predicted molar refractivity (Wildman–Crippen MR) is 159 cm³/mol. The third-order valence-corrected chi connectivity index (χ3v) is 6.37. The molecule has 0 aliphatic rings. The number of amides is 4. The van der Waals surface area contributed by atoms with Gasteiger partial charge in [-0.1, -0.05) is 5.21 Å². The molecule has 1 rings (SSSR count). The molecule has 1 heterocycles. The number of aliphatic imine (C=N–C) groups is 1. The minimum Gasteiger partial charge on any atom is -0.480 e. The number of unbranched alkanes of at least 4 members (excludes halogenated alkanes) is 1. The molecule has 0 radical (unpaired) electrons. The van der Waals surface area contributed by atoms with E-state index in [0.717, 1.165) is 6.92 Å². The van der Waals surface area contributed by atoms with Crippen molar-refractivity contribution in [3.05, 3.63) is 11.9 Å². The van der Waals surface area contributed by atoms with E-state index >= 15 is 0 Å². The van der Waals surface area contributed by atoms with E-state index < -0.39 is 78.5 Å². The number of aryl methyl sites for hydroxylation is 1. The van der Waals surface area contributed by atoms with Crippen LogP contribution in [0, 0.1) is 0 Å². The molecule has 0 fully saturated rings. The molecule has 0 spiro atoms. The third kappa shape index (κ3) is 13.8. The van der Waals surface area contributed by atoms with Crippen LogP contribution in [0.5, 0.6) is 0 Å². The summed E-state index contributed by atoms with van der Waals surface area (Å²) in [5.41, 5.74) is 16.0. The van der Waals surface area contributed by atoms with Crippen LogP contribution >= 0.6 is 0 Å². The first-order valence-corrected chi connectivity index (χ1v) is 14.2. The number of nitrogens with two attached hydrogens (primary N) is 3. The first kappa shape index (κ1) is 39.1. The van der Waals surface area contributed by atoms with E-state index in [4.69, 9.17) is 22.3 Å². The highest BCUT2D eigenvalue weighted by Gasteiger charge is 2.32. The second kappa shape index (κ2) is 19.5. The lowest BCUT2D eigenvalue weighted by molar-refractivity contribution is -0.145. The maximum atomic E-state index is 13.3. The van der Waals surface area contributed by atoms with Gasteiger partial charge >= 0.3 is 11.9 Å². The van der Waals surface area contributed by atoms with Crippen LogP contribution in [0.2, 0.25) is 0 Å². The van der Waals surface area contributed by atoms with Gasteiger partial charge in [-0.3, -0.25) is 28.9 Å². The summed E-state index contributed by atoms with van der Waals surface area (Å²) in [7, 11) is 0. The molecule has 21 heteroatoms. The van der Waals surface area contributed by atoms with Crippen LogP contribution in [0.4, 0.5) is 0 Å². The molecule has 0 bridgehead atoms. The quantitative estimate of drug-likeness (QED) is 0.0335. The SMILES string of the molecule is C[C@H](N)C(=O)N[C@@H](CCCN=C(N)N)C(=O)N[C@@H](CCCCn1cc(C(=O)O)nn1)C(=O)N[C@@H](CO)C(=O)N[C@H](C(=O)O)[C@@H](C)O. The number of hydrogen-bond donors (Lipinski definition) is 11. The monoisotopic (exact) mass is 657 g/mol. The topological polar surface area (TPSA) is 353 Å². The Bertz CT molecular complexity index is 1230. The fourth-order valence-corrected chi connectivity index (χ4v) is 3.85. The molecule has 4 amide bonds. The van der Waals surface area contributed by atoms with Crippen molar-refractivity contribution in [2.75, 3.05) is 13.2 Å². The Hall–Kier alpha value is -4.89. The minimum absolute atomic E-state index is 0.0365. The average Bonchev–Trinajstić information content (AvgIpc) is 3.46. The number of nitrogens with one attached hydrogen (secondary N) is 4. The lowest BCUT2D eigenvalue weighted by Crippen LogP contribution is -2.59. The number of aliphatic hydroxyl groups is 2. The Balaban J connectivity index is 3.13. The molecule has 0 aromatic carbocycles. The molecule has 258 valence electrons. The van der Waals surface area contributed by atoms with Gasteiger partial charge in [0.1, 0.15) is 18.1 Å². The number of aromatic carboxylic acids is 1. The van der Waals surface area contributed by atoms with Gasteiger partial charge in [-0.2, -0.15) is 0 Å². The summed E-state index contributed by atoms with van der Waals surface area (Å²) in [4.78, 5) is 77.8. The predicted octanol–water partition coefficient (Wildman–Crippen LogP) is -5.06. The number of nitrogens with zero attached hydrogens (tertiary/aromatic N) is 4. The molecule has 1 aromatic heterocycles. The molecule has 0 unspecified atom stereocenters. The number of carbonyl (C=O) groups is 6. The van der Waals surface area contributed by atoms with E-state index in [0.29, 0.717) is 6.42 Å². The van der Waals surface area contributed by atoms with Crippen LogP contribution in [-0.2, 0) is 30.5 Å². The lowest BCUT2D eigenvalue weighted by Gasteiger charge is -2.26. The van der Waals surface area contributed by atoms with Gasteiger partial charge in [-0.05, 0) is 46.0 Å². The number of guanidine groups is 1. The molecule has 0 saturated heterocycles. The van der Waals surface area contributed by atoms with Crippen LogP contribution in [-0.4, -0.2) is 126 Å². The summed E-state index contributed by atoms with van der Waals surface area (Å²) in [5.74, 6) is -6.48. The number of carbonyl (C=O) groups excluding carboxylic acids is 4. The van der Waals surface area contributed by atoms with Crippen molar-refractivity contribution in [3.63, 3.8) is 0 Å². The second-order valence-electron chi connectivity index (χ2n) is 10.3. The first-order valence-electron chi connectivity index (χ1n) is 14.2. The molecule has 0 saturated carbocycles. The Morgan fingerprint density at radius 2 is 1.41 bits per heavy atom. The number of carboxylic acid groups (broad SMARTS) is 2. The maximum Gasteiger partial charge on any atom is 0.358 e. The van der Waals surface area contributed by atoms with Crippen LogP contribution in [0.15, 0.2) is 11.2 Å². The molecule has 21 nitrogen and oxygen atoms in total. The molecule has 14 N–H and O–H groups in total. The third-order valence-electron chi connectivity index (χ3n) is 6.37. The van der Waals surface area contributed by atoms with E-state index in [1.807, 2.05) is 5.32 Å². The molecule has 1 aromatic rings. The molecular formula is C25H43N11O10. The first-order chi connectivity index (χ1) is 21.6. The highest BCUT2D eigenvalue weighted by Crippen LogP contribution is 2.08. The number of aliphatic carboxylic acids is 1. The van der Waals surface area contributed by atoms with Crippen molar-refractivity contribution in [1.29, 1.82) is 0 Å². The number of carboxylic acids is 2. The summed E-state index contributed by atoms with van der Waals surface area (Å²) in [5, 5.41) is 54.1. The summed E-state index contributed by atoms with van der Waals surface area (Å²) < 4.78 is 1.28. The van der Waals surface area contributed by atoms with Crippen molar-refractivity contribution in [2.24, 2.45) is 22.2 Å². The fraction of sp³-hybridized carbons (Fsp3) is 0.640. The highest BCUT2D eigenvalue weighted by atomic mass is 16.4. The smallest absolute Gasteiger partial charge is 0.358 e. The minimum atomic E-state index is -1.74. The van der Waals surface area contributed by atoms with E-state index in [1.54, 1.807) is 0 Å². The number of aliphatic hydroxyl groups excluding tert-OH is 2. The zero-order valence-corrected chi connectivity index (χ0v) is 25.5. The van der Waals surface area contributed by atoms with Gasteiger partial charge in [0.2, 0.25) is 23.6 Å². The van der Waals surface area contributed by atoms with Crippen LogP contribution in [0.3, 0.4) is 0 Å². The van der Waals surface area contributed by atoms with Gasteiger partial charge < -0.3 is 58.9 Å². The van der Waals surface area contributed by atoms with Crippen molar-refractivity contribution < 1.29 is 49.2 Å². The van der Waals surface area contributed by atoms with Crippen LogP contribution in [0.25, 0.3) is 0 Å². The zero-order chi connectivity index (χ0) is 35.0. The van der Waals surface area contributed by atoms with E-state index in [9.17, 15) is 44.1 Å². The van der Waals surface area contributed by atoms with Gasteiger partial charge in [0.25, 0.3) is 0 Å². The molecular weight excluding hydrogens is 614 g/mol. The Labute approximate surface area is 263 Å². The normalized spacial score (nSPS) is 14.8. The van der Waals surface area contributed by atoms with Gasteiger partial charge in [-0.15, -0.1) is 5.10 Å². The van der Waals surface area contributed by atoms with E-state index in [1.165, 1.54) is 17.8 Å². The molecule has 6 atom stereocenters. The van der Waals surface area contributed by atoms with Gasteiger partial charge in [0.05, 0.1) is 24.9 Å². The number of aromatic nitrogens is 3. The van der Waals surface area contributed by atoms with E-state index in [-0.39, 0.29) is 50.4 Å². The van der Waals surface area contributed by atoms with Gasteiger partial charge in [-0.25, -0.2) is 9.59 Å². The Kier molecular flexibility index (Phi) is 16.6. The van der Waals surface area contributed by atoms with Gasteiger partial charge in [0, 0.05) is 13.1 Å². The molecule has 46 heavy (non-hydrogen) atoms. The highest BCUT2D eigenvalue weighted by molar-refractivity contribution is 5.95. The van der Waals surface area contributed by atoms with Crippen molar-refractivity contribution >= 4 is 41.5 Å². The van der Waals surface area contributed by atoms with Gasteiger partial charge in [0.15, 0.2) is 17.7 Å². The fourth-order valence-electron chi connectivity index (χ4n) is 3.85. The lowest BCUT2D eigenvalue weighted by atomic mass is 10.1. The summed E-state index contributed by atoms with van der Waals surface area (Å²) >= 11 is 0. The number of rotatable bonds is 21. The Morgan fingerprint density at radius 3 is 1.89 bits per heavy atom. The Morgan fingerprint density at radius 1 is 0.870 bits per heavy atom. The summed E-state index contributed by atoms with van der Waals surface area (Å²) in [6.45, 7) is 1.91. The summed E-state index contributed by atoms with van der Waals surface area (Å²) in [6.07, 6.45) is 0.560. The molecule has 0 aliphatic heterocycles. The number of hydrogen-bond acceptors (Lipinski definition) is 12. The average molecular weight is 658 g/mol. The van der Waals surface area contributed by atoms with Crippen molar-refractivity contribution in [1.82, 2.24) is 36.3 Å². The second-order valence-corrected chi connectivity index (χ2v) is 10.3.